The Morgan fingerprint density at radius 1 is 0.552 bits per heavy atom. The molecule has 0 unspecified atom stereocenters. The van der Waals surface area contributed by atoms with Gasteiger partial charge in [0.15, 0.2) is 0 Å². The summed E-state index contributed by atoms with van der Waals surface area (Å²) < 4.78 is 0. The minimum atomic E-state index is 0.807. The Bertz CT molecular complexity index is 976. The van der Waals surface area contributed by atoms with Crippen molar-refractivity contribution in [3.8, 4) is 0 Å². The Kier molecular flexibility index (Phi) is 5.87. The maximum Gasteiger partial charge on any atom is 0.135 e. The van der Waals surface area contributed by atoms with E-state index in [4.69, 9.17) is 4.98 Å². The molecule has 0 saturated carbocycles. The summed E-state index contributed by atoms with van der Waals surface area (Å²) in [4.78, 5) is 9.44. The highest BCUT2D eigenvalue weighted by atomic mass is 15.2. The predicted octanol–water partition coefficient (Wildman–Crippen LogP) is 6.06. The van der Waals surface area contributed by atoms with Crippen molar-refractivity contribution < 1.29 is 0 Å². The number of rotatable bonds is 7. The summed E-state index contributed by atoms with van der Waals surface area (Å²) in [6.45, 7) is 1.61. The number of pyridine rings is 1. The molecule has 0 saturated heterocycles. The summed E-state index contributed by atoms with van der Waals surface area (Å²) in [5.41, 5.74) is 3.66. The van der Waals surface area contributed by atoms with Crippen LogP contribution in [0.2, 0.25) is 0 Å². The third-order valence-electron chi connectivity index (χ3n) is 4.96. The van der Waals surface area contributed by atoms with Crippen LogP contribution in [0.3, 0.4) is 0 Å². The number of nitrogens with zero attached hydrogens (tertiary/aromatic N) is 3. The third-order valence-corrected chi connectivity index (χ3v) is 4.96. The molecule has 3 aromatic carbocycles. The van der Waals surface area contributed by atoms with Gasteiger partial charge in [0.1, 0.15) is 11.6 Å². The van der Waals surface area contributed by atoms with E-state index in [1.807, 2.05) is 18.2 Å². The van der Waals surface area contributed by atoms with Gasteiger partial charge < -0.3 is 9.80 Å². The Morgan fingerprint density at radius 3 is 1.59 bits per heavy atom. The van der Waals surface area contributed by atoms with Crippen LogP contribution in [0.15, 0.2) is 109 Å². The summed E-state index contributed by atoms with van der Waals surface area (Å²) in [5.74, 6) is 1.90. The van der Waals surface area contributed by atoms with Crippen LogP contribution >= 0.6 is 0 Å². The molecule has 0 aliphatic heterocycles. The van der Waals surface area contributed by atoms with Gasteiger partial charge in [-0.2, -0.15) is 0 Å². The van der Waals surface area contributed by atoms with Gasteiger partial charge in [0.25, 0.3) is 0 Å². The lowest BCUT2D eigenvalue weighted by Gasteiger charge is -2.26. The topological polar surface area (TPSA) is 19.4 Å². The molecule has 0 bridgehead atoms. The molecular formula is C26H25N3. The monoisotopic (exact) mass is 379 g/mol. The second-order valence-electron chi connectivity index (χ2n) is 7.08. The highest BCUT2D eigenvalue weighted by Crippen LogP contribution is 2.25. The Morgan fingerprint density at radius 2 is 1.03 bits per heavy atom. The van der Waals surface area contributed by atoms with E-state index in [0.29, 0.717) is 0 Å². The normalized spacial score (nSPS) is 10.5. The minimum Gasteiger partial charge on any atom is -0.348 e. The lowest BCUT2D eigenvalue weighted by Crippen LogP contribution is -2.24. The molecule has 4 aromatic rings. The number of anilines is 3. The number of aromatic nitrogens is 1. The van der Waals surface area contributed by atoms with E-state index < -0.39 is 0 Å². The molecule has 0 aliphatic rings. The van der Waals surface area contributed by atoms with Crippen LogP contribution in [-0.2, 0) is 13.1 Å². The molecule has 0 spiro atoms. The first-order chi connectivity index (χ1) is 14.3. The van der Waals surface area contributed by atoms with Gasteiger partial charge >= 0.3 is 0 Å². The average molecular weight is 380 g/mol. The Hall–Kier alpha value is -3.59. The molecule has 0 N–H and O–H groups in total. The van der Waals surface area contributed by atoms with E-state index in [9.17, 15) is 0 Å². The fourth-order valence-electron chi connectivity index (χ4n) is 3.38. The molecule has 1 heterocycles. The van der Waals surface area contributed by atoms with Crippen LogP contribution in [0.4, 0.5) is 17.3 Å². The Labute approximate surface area is 172 Å². The van der Waals surface area contributed by atoms with Crippen molar-refractivity contribution in [2.45, 2.75) is 13.1 Å². The van der Waals surface area contributed by atoms with Gasteiger partial charge in [-0.1, -0.05) is 84.9 Å². The van der Waals surface area contributed by atoms with Crippen LogP contribution in [0.25, 0.3) is 0 Å². The van der Waals surface area contributed by atoms with Crippen molar-refractivity contribution in [2.24, 2.45) is 0 Å². The van der Waals surface area contributed by atoms with Crippen molar-refractivity contribution >= 4 is 17.3 Å². The van der Waals surface area contributed by atoms with Gasteiger partial charge in [-0.05, 0) is 35.4 Å². The van der Waals surface area contributed by atoms with Crippen molar-refractivity contribution in [2.75, 3.05) is 16.8 Å². The summed E-state index contributed by atoms with van der Waals surface area (Å²) in [7, 11) is 2.06. The van der Waals surface area contributed by atoms with E-state index in [1.165, 1.54) is 11.1 Å². The van der Waals surface area contributed by atoms with Crippen molar-refractivity contribution in [1.82, 2.24) is 4.98 Å². The highest BCUT2D eigenvalue weighted by molar-refractivity contribution is 5.61. The smallest absolute Gasteiger partial charge is 0.135 e. The number of para-hydroxylation sites is 1. The molecule has 0 fully saturated rings. The molecule has 3 heteroatoms. The summed E-state index contributed by atoms with van der Waals surface area (Å²) >= 11 is 0. The third kappa shape index (κ3) is 4.82. The molecule has 3 nitrogen and oxygen atoms in total. The predicted molar refractivity (Wildman–Crippen MR) is 122 cm³/mol. The van der Waals surface area contributed by atoms with Gasteiger partial charge in [0, 0.05) is 25.8 Å². The molecule has 0 atom stereocenters. The van der Waals surface area contributed by atoms with Gasteiger partial charge in [-0.3, -0.25) is 0 Å². The zero-order chi connectivity index (χ0) is 19.9. The van der Waals surface area contributed by atoms with E-state index >= 15 is 0 Å². The second kappa shape index (κ2) is 9.07. The van der Waals surface area contributed by atoms with Gasteiger partial charge in [-0.15, -0.1) is 0 Å². The average Bonchev–Trinajstić information content (AvgIpc) is 2.80. The fourth-order valence-corrected chi connectivity index (χ4v) is 3.38. The Balaban J connectivity index is 1.64. The lowest BCUT2D eigenvalue weighted by molar-refractivity contribution is 0.783. The van der Waals surface area contributed by atoms with Gasteiger partial charge in [0.2, 0.25) is 0 Å². The fraction of sp³-hybridized carbons (Fsp3) is 0.115. The van der Waals surface area contributed by atoms with Crippen LogP contribution in [-0.4, -0.2) is 12.0 Å². The van der Waals surface area contributed by atoms with E-state index in [1.54, 1.807) is 0 Å². The van der Waals surface area contributed by atoms with E-state index in [2.05, 4.69) is 108 Å². The summed E-state index contributed by atoms with van der Waals surface area (Å²) in [5, 5.41) is 0. The number of hydrogen-bond acceptors (Lipinski definition) is 3. The molecule has 4 rings (SSSR count). The number of benzene rings is 3. The van der Waals surface area contributed by atoms with Gasteiger partial charge in [-0.25, -0.2) is 4.98 Å². The molecule has 0 radical (unpaired) electrons. The molecule has 29 heavy (non-hydrogen) atoms. The largest absolute Gasteiger partial charge is 0.348 e. The molecule has 1 aromatic heterocycles. The first-order valence-corrected chi connectivity index (χ1v) is 9.88. The highest BCUT2D eigenvalue weighted by Gasteiger charge is 2.12. The van der Waals surface area contributed by atoms with Crippen LogP contribution < -0.4 is 9.80 Å². The number of hydrogen-bond donors (Lipinski definition) is 0. The molecule has 0 aliphatic carbocycles. The van der Waals surface area contributed by atoms with Crippen molar-refractivity contribution in [3.63, 3.8) is 0 Å². The SMILES string of the molecule is CN(c1ccccc1)c1cccc(N(Cc2ccccc2)Cc2ccccc2)n1. The zero-order valence-electron chi connectivity index (χ0n) is 16.6. The van der Waals surface area contributed by atoms with Crippen molar-refractivity contribution in [1.29, 1.82) is 0 Å². The van der Waals surface area contributed by atoms with Crippen LogP contribution in [0.5, 0.6) is 0 Å². The van der Waals surface area contributed by atoms with Crippen LogP contribution in [0.1, 0.15) is 11.1 Å². The van der Waals surface area contributed by atoms with E-state index in [-0.39, 0.29) is 0 Å². The first-order valence-electron chi connectivity index (χ1n) is 9.88. The molecule has 144 valence electrons. The minimum absolute atomic E-state index is 0.807. The first kappa shape index (κ1) is 18.8. The quantitative estimate of drug-likeness (QED) is 0.389. The second-order valence-corrected chi connectivity index (χ2v) is 7.08. The maximum atomic E-state index is 4.99. The lowest BCUT2D eigenvalue weighted by atomic mass is 10.1. The maximum absolute atomic E-state index is 4.99. The van der Waals surface area contributed by atoms with Crippen molar-refractivity contribution in [3.05, 3.63) is 120 Å². The zero-order valence-corrected chi connectivity index (χ0v) is 16.6. The molecular weight excluding hydrogens is 354 g/mol. The molecule has 0 amide bonds. The standard InChI is InChI=1S/C26H25N3/c1-28(24-16-9-4-10-17-24)25-18-11-19-26(27-25)29(20-22-12-5-2-6-13-22)21-23-14-7-3-8-15-23/h2-19H,20-21H2,1H3. The summed E-state index contributed by atoms with van der Waals surface area (Å²) in [6, 6.07) is 37.7. The van der Waals surface area contributed by atoms with Gasteiger partial charge in [0.05, 0.1) is 0 Å². The van der Waals surface area contributed by atoms with E-state index in [0.717, 1.165) is 30.4 Å². The summed E-state index contributed by atoms with van der Waals surface area (Å²) in [6.07, 6.45) is 0. The van der Waals surface area contributed by atoms with Crippen LogP contribution in [0, 0.1) is 0 Å².